The lowest BCUT2D eigenvalue weighted by molar-refractivity contribution is -0.0498. The summed E-state index contributed by atoms with van der Waals surface area (Å²) in [6.45, 7) is -0.707. The zero-order chi connectivity index (χ0) is 15.2. The molecule has 4 heteroatoms. The van der Waals surface area contributed by atoms with Crippen LogP contribution in [-0.2, 0) is 6.42 Å². The van der Waals surface area contributed by atoms with Crippen molar-refractivity contribution in [2.75, 3.05) is 0 Å². The van der Waals surface area contributed by atoms with Gasteiger partial charge in [-0.2, -0.15) is 8.78 Å². The third-order valence-electron chi connectivity index (χ3n) is 3.29. The molecule has 0 fully saturated rings. The van der Waals surface area contributed by atoms with E-state index in [4.69, 9.17) is 5.73 Å². The molecule has 2 rings (SSSR count). The Morgan fingerprint density at radius 1 is 1.05 bits per heavy atom. The quantitative estimate of drug-likeness (QED) is 0.861. The number of aryl methyl sites for hydroxylation is 1. The van der Waals surface area contributed by atoms with Gasteiger partial charge in [0.15, 0.2) is 0 Å². The van der Waals surface area contributed by atoms with Crippen molar-refractivity contribution in [1.82, 2.24) is 0 Å². The minimum absolute atomic E-state index is 0.127. The van der Waals surface area contributed by atoms with Gasteiger partial charge in [0, 0.05) is 0 Å². The van der Waals surface area contributed by atoms with Crippen LogP contribution in [0.1, 0.15) is 36.1 Å². The highest BCUT2D eigenvalue weighted by molar-refractivity contribution is 5.37. The molecule has 0 spiro atoms. The molecular formula is C17H19F2NO. The van der Waals surface area contributed by atoms with Crippen LogP contribution in [0.15, 0.2) is 48.5 Å². The fraction of sp³-hybridized carbons (Fsp3) is 0.294. The first-order valence-electron chi connectivity index (χ1n) is 6.99. The summed E-state index contributed by atoms with van der Waals surface area (Å²) in [6, 6.07) is 14.2. The molecule has 2 aromatic carbocycles. The lowest BCUT2D eigenvalue weighted by atomic mass is 9.97. The van der Waals surface area contributed by atoms with E-state index in [2.05, 4.69) is 23.8 Å². The molecule has 2 aromatic rings. The van der Waals surface area contributed by atoms with Crippen LogP contribution in [0.4, 0.5) is 8.78 Å². The highest BCUT2D eigenvalue weighted by Crippen LogP contribution is 2.25. The molecule has 2 N–H and O–H groups in total. The fourth-order valence-corrected chi connectivity index (χ4v) is 2.31. The van der Waals surface area contributed by atoms with Gasteiger partial charge in [0.25, 0.3) is 0 Å². The van der Waals surface area contributed by atoms with Gasteiger partial charge in [-0.05, 0) is 35.2 Å². The molecule has 0 amide bonds. The van der Waals surface area contributed by atoms with E-state index in [1.54, 1.807) is 12.1 Å². The maximum absolute atomic E-state index is 12.3. The van der Waals surface area contributed by atoms with Gasteiger partial charge < -0.3 is 10.5 Å². The topological polar surface area (TPSA) is 35.2 Å². The van der Waals surface area contributed by atoms with Crippen LogP contribution in [0, 0.1) is 0 Å². The van der Waals surface area contributed by atoms with Gasteiger partial charge in [0.2, 0.25) is 0 Å². The summed E-state index contributed by atoms with van der Waals surface area (Å²) in [7, 11) is 0. The molecule has 0 bridgehead atoms. The van der Waals surface area contributed by atoms with E-state index in [1.165, 1.54) is 11.6 Å². The summed E-state index contributed by atoms with van der Waals surface area (Å²) in [5.41, 5.74) is 9.18. The Labute approximate surface area is 123 Å². The number of hydrogen-bond donors (Lipinski definition) is 1. The molecule has 1 unspecified atom stereocenters. The molecule has 0 aliphatic heterocycles. The molecule has 112 valence electrons. The van der Waals surface area contributed by atoms with Gasteiger partial charge in [-0.15, -0.1) is 0 Å². The highest BCUT2D eigenvalue weighted by Gasteiger charge is 2.11. The van der Waals surface area contributed by atoms with Crippen molar-refractivity contribution in [2.24, 2.45) is 5.73 Å². The van der Waals surface area contributed by atoms with Crippen LogP contribution < -0.4 is 10.5 Å². The SMILES string of the molecule is CCCc1cccc(C(N)c2cccc(OC(F)F)c2)c1. The summed E-state index contributed by atoms with van der Waals surface area (Å²) in [4.78, 5) is 0. The van der Waals surface area contributed by atoms with Crippen LogP contribution >= 0.6 is 0 Å². The first kappa shape index (κ1) is 15.4. The molecular weight excluding hydrogens is 272 g/mol. The summed E-state index contributed by atoms with van der Waals surface area (Å²) < 4.78 is 28.9. The van der Waals surface area contributed by atoms with Crippen molar-refractivity contribution in [2.45, 2.75) is 32.4 Å². The minimum atomic E-state index is -2.83. The van der Waals surface area contributed by atoms with Gasteiger partial charge in [-0.3, -0.25) is 0 Å². The van der Waals surface area contributed by atoms with Gasteiger partial charge in [0.05, 0.1) is 6.04 Å². The molecule has 1 atom stereocenters. The summed E-state index contributed by atoms with van der Waals surface area (Å²) in [5, 5.41) is 0. The normalized spacial score (nSPS) is 12.4. The second-order valence-corrected chi connectivity index (χ2v) is 4.92. The lowest BCUT2D eigenvalue weighted by Gasteiger charge is -2.15. The van der Waals surface area contributed by atoms with Crippen molar-refractivity contribution < 1.29 is 13.5 Å². The van der Waals surface area contributed by atoms with Crippen LogP contribution in [-0.4, -0.2) is 6.61 Å². The third-order valence-corrected chi connectivity index (χ3v) is 3.29. The van der Waals surface area contributed by atoms with E-state index in [-0.39, 0.29) is 11.8 Å². The summed E-state index contributed by atoms with van der Waals surface area (Å²) in [5.74, 6) is 0.127. The average Bonchev–Trinajstić information content (AvgIpc) is 2.47. The standard InChI is InChI=1S/C17H19F2NO/c1-2-5-12-6-3-7-13(10-12)16(20)14-8-4-9-15(11-14)21-17(18)19/h3-4,6-11,16-17H,2,5,20H2,1H3. The Morgan fingerprint density at radius 3 is 2.38 bits per heavy atom. The zero-order valence-electron chi connectivity index (χ0n) is 11.9. The monoisotopic (exact) mass is 291 g/mol. The molecule has 21 heavy (non-hydrogen) atoms. The Balaban J connectivity index is 2.22. The molecule has 0 saturated carbocycles. The molecule has 0 aliphatic carbocycles. The van der Waals surface area contributed by atoms with E-state index in [0.717, 1.165) is 24.0 Å². The largest absolute Gasteiger partial charge is 0.435 e. The number of benzene rings is 2. The third kappa shape index (κ3) is 4.26. The first-order valence-corrected chi connectivity index (χ1v) is 6.99. The van der Waals surface area contributed by atoms with E-state index < -0.39 is 6.61 Å². The number of nitrogens with two attached hydrogens (primary N) is 1. The summed E-state index contributed by atoms with van der Waals surface area (Å²) >= 11 is 0. The molecule has 0 aromatic heterocycles. The van der Waals surface area contributed by atoms with Crippen molar-refractivity contribution in [3.63, 3.8) is 0 Å². The van der Waals surface area contributed by atoms with Crippen LogP contribution in [0.2, 0.25) is 0 Å². The maximum atomic E-state index is 12.3. The Bertz CT molecular complexity index is 587. The highest BCUT2D eigenvalue weighted by atomic mass is 19.3. The van der Waals surface area contributed by atoms with Crippen molar-refractivity contribution in [3.8, 4) is 5.75 Å². The second-order valence-electron chi connectivity index (χ2n) is 4.92. The van der Waals surface area contributed by atoms with E-state index in [1.807, 2.05) is 18.2 Å². The molecule has 0 heterocycles. The predicted octanol–water partition coefficient (Wildman–Crippen LogP) is 4.29. The number of rotatable bonds is 6. The Hall–Kier alpha value is -1.94. The van der Waals surface area contributed by atoms with E-state index >= 15 is 0 Å². The number of hydrogen-bond acceptors (Lipinski definition) is 2. The number of halogens is 2. The predicted molar refractivity (Wildman–Crippen MR) is 79.5 cm³/mol. The smallest absolute Gasteiger partial charge is 0.387 e. The van der Waals surface area contributed by atoms with Gasteiger partial charge in [-0.25, -0.2) is 0 Å². The molecule has 0 radical (unpaired) electrons. The van der Waals surface area contributed by atoms with Crippen molar-refractivity contribution in [3.05, 3.63) is 65.2 Å². The van der Waals surface area contributed by atoms with Gasteiger partial charge in [-0.1, -0.05) is 49.7 Å². The van der Waals surface area contributed by atoms with Crippen LogP contribution in [0.3, 0.4) is 0 Å². The van der Waals surface area contributed by atoms with Crippen molar-refractivity contribution in [1.29, 1.82) is 0 Å². The Kier molecular flexibility index (Phi) is 5.28. The van der Waals surface area contributed by atoms with Crippen LogP contribution in [0.25, 0.3) is 0 Å². The maximum Gasteiger partial charge on any atom is 0.387 e. The number of ether oxygens (including phenoxy) is 1. The fourth-order valence-electron chi connectivity index (χ4n) is 2.31. The molecule has 0 aliphatic rings. The van der Waals surface area contributed by atoms with Gasteiger partial charge in [0.1, 0.15) is 5.75 Å². The zero-order valence-corrected chi connectivity index (χ0v) is 11.9. The second kappa shape index (κ2) is 7.18. The molecule has 2 nitrogen and oxygen atoms in total. The molecule has 0 saturated heterocycles. The van der Waals surface area contributed by atoms with E-state index in [0.29, 0.717) is 0 Å². The van der Waals surface area contributed by atoms with E-state index in [9.17, 15) is 8.78 Å². The summed E-state index contributed by atoms with van der Waals surface area (Å²) in [6.07, 6.45) is 2.06. The first-order chi connectivity index (χ1) is 10.1. The van der Waals surface area contributed by atoms with Crippen LogP contribution in [0.5, 0.6) is 5.75 Å². The van der Waals surface area contributed by atoms with Gasteiger partial charge >= 0.3 is 6.61 Å². The Morgan fingerprint density at radius 2 is 1.71 bits per heavy atom. The number of alkyl halides is 2. The van der Waals surface area contributed by atoms with Crippen molar-refractivity contribution >= 4 is 0 Å². The lowest BCUT2D eigenvalue weighted by Crippen LogP contribution is -2.12. The minimum Gasteiger partial charge on any atom is -0.435 e. The average molecular weight is 291 g/mol.